The summed E-state index contributed by atoms with van der Waals surface area (Å²) in [6, 6.07) is 16.4. The molecule has 3 aromatic rings. The molecule has 1 aliphatic rings. The van der Waals surface area contributed by atoms with Crippen LogP contribution in [0.3, 0.4) is 0 Å². The van der Waals surface area contributed by atoms with Crippen molar-refractivity contribution in [1.82, 2.24) is 9.88 Å². The molecule has 0 saturated carbocycles. The highest BCUT2D eigenvalue weighted by Crippen LogP contribution is 2.28. The molecular weight excluding hydrogens is 315 g/mol. The Balaban J connectivity index is 1.58. The monoisotopic (exact) mass is 334 g/mol. The van der Waals surface area contributed by atoms with Crippen molar-refractivity contribution in [3.63, 3.8) is 0 Å². The van der Waals surface area contributed by atoms with Crippen LogP contribution in [-0.4, -0.2) is 28.9 Å². The number of likely N-dealkylation sites (tertiary alicyclic amines) is 1. The number of rotatable bonds is 2. The van der Waals surface area contributed by atoms with Crippen LogP contribution in [0.25, 0.3) is 10.8 Å². The van der Waals surface area contributed by atoms with Gasteiger partial charge in [0.05, 0.1) is 5.56 Å². The van der Waals surface area contributed by atoms with Crippen LogP contribution in [-0.2, 0) is 0 Å². The van der Waals surface area contributed by atoms with Gasteiger partial charge in [0, 0.05) is 36.3 Å². The molecule has 1 fully saturated rings. The van der Waals surface area contributed by atoms with Gasteiger partial charge >= 0.3 is 0 Å². The number of piperidine rings is 1. The molecule has 0 spiro atoms. The third-order valence-electron chi connectivity index (χ3n) is 4.88. The molecule has 1 unspecified atom stereocenters. The van der Waals surface area contributed by atoms with Gasteiger partial charge in [-0.15, -0.1) is 0 Å². The Morgan fingerprint density at radius 3 is 2.68 bits per heavy atom. The molecule has 1 saturated heterocycles. The second-order valence-electron chi connectivity index (χ2n) is 6.53. The number of halogens is 1. The summed E-state index contributed by atoms with van der Waals surface area (Å²) in [7, 11) is 0. The van der Waals surface area contributed by atoms with Crippen LogP contribution < -0.4 is 0 Å². The zero-order valence-electron chi connectivity index (χ0n) is 13.9. The van der Waals surface area contributed by atoms with Crippen LogP contribution >= 0.6 is 0 Å². The van der Waals surface area contributed by atoms with E-state index in [1.165, 1.54) is 6.07 Å². The van der Waals surface area contributed by atoms with Gasteiger partial charge in [-0.05, 0) is 36.4 Å². The van der Waals surface area contributed by atoms with Crippen molar-refractivity contribution in [3.05, 3.63) is 77.9 Å². The maximum absolute atomic E-state index is 13.9. The molecule has 1 aliphatic heterocycles. The predicted molar refractivity (Wildman–Crippen MR) is 96.0 cm³/mol. The Morgan fingerprint density at radius 2 is 1.84 bits per heavy atom. The van der Waals surface area contributed by atoms with Crippen LogP contribution in [0.5, 0.6) is 0 Å². The zero-order valence-corrected chi connectivity index (χ0v) is 13.9. The lowest BCUT2D eigenvalue weighted by atomic mass is 9.93. The maximum Gasteiger partial charge on any atom is 0.256 e. The van der Waals surface area contributed by atoms with Crippen LogP contribution in [0.2, 0.25) is 0 Å². The van der Waals surface area contributed by atoms with E-state index in [0.717, 1.165) is 29.3 Å². The van der Waals surface area contributed by atoms with Gasteiger partial charge in [-0.1, -0.05) is 36.4 Å². The predicted octanol–water partition coefficient (Wildman–Crippen LogP) is 4.39. The van der Waals surface area contributed by atoms with Crippen molar-refractivity contribution in [3.8, 4) is 0 Å². The van der Waals surface area contributed by atoms with Crippen molar-refractivity contribution >= 4 is 16.7 Å². The van der Waals surface area contributed by atoms with Gasteiger partial charge in [0.15, 0.2) is 0 Å². The Labute approximate surface area is 146 Å². The lowest BCUT2D eigenvalue weighted by Crippen LogP contribution is -2.39. The van der Waals surface area contributed by atoms with Gasteiger partial charge < -0.3 is 4.90 Å². The van der Waals surface area contributed by atoms with Gasteiger partial charge in [0.1, 0.15) is 5.82 Å². The molecule has 2 heterocycles. The van der Waals surface area contributed by atoms with Crippen molar-refractivity contribution in [2.24, 2.45) is 0 Å². The third-order valence-corrected chi connectivity index (χ3v) is 4.88. The molecule has 3 nitrogen and oxygen atoms in total. The van der Waals surface area contributed by atoms with Gasteiger partial charge in [0.25, 0.3) is 5.91 Å². The van der Waals surface area contributed by atoms with E-state index in [9.17, 15) is 9.18 Å². The maximum atomic E-state index is 13.9. The lowest BCUT2D eigenvalue weighted by molar-refractivity contribution is 0.0701. The van der Waals surface area contributed by atoms with E-state index in [2.05, 4.69) is 17.1 Å². The highest BCUT2D eigenvalue weighted by molar-refractivity contribution is 5.94. The van der Waals surface area contributed by atoms with E-state index in [0.29, 0.717) is 13.1 Å². The molecule has 1 aromatic heterocycles. The second kappa shape index (κ2) is 6.63. The molecule has 4 rings (SSSR count). The van der Waals surface area contributed by atoms with Crippen molar-refractivity contribution in [2.45, 2.75) is 18.8 Å². The minimum absolute atomic E-state index is 0.148. The van der Waals surface area contributed by atoms with Crippen LogP contribution in [0.1, 0.15) is 34.8 Å². The smallest absolute Gasteiger partial charge is 0.256 e. The van der Waals surface area contributed by atoms with Crippen LogP contribution in [0.4, 0.5) is 4.39 Å². The molecule has 126 valence electrons. The lowest BCUT2D eigenvalue weighted by Gasteiger charge is -2.32. The van der Waals surface area contributed by atoms with E-state index >= 15 is 0 Å². The largest absolute Gasteiger partial charge is 0.338 e. The second-order valence-corrected chi connectivity index (χ2v) is 6.53. The summed E-state index contributed by atoms with van der Waals surface area (Å²) in [6.07, 6.45) is 3.79. The first kappa shape index (κ1) is 15.8. The Hall–Kier alpha value is -2.75. The number of carbonyl (C=O) groups excluding carboxylic acids is 1. The van der Waals surface area contributed by atoms with Gasteiger partial charge in [0.2, 0.25) is 0 Å². The van der Waals surface area contributed by atoms with Crippen molar-refractivity contribution in [2.75, 3.05) is 13.1 Å². The average Bonchev–Trinajstić information content (AvgIpc) is 2.67. The summed E-state index contributed by atoms with van der Waals surface area (Å²) in [4.78, 5) is 19.0. The first-order valence-electron chi connectivity index (χ1n) is 8.61. The molecule has 0 N–H and O–H groups in total. The fourth-order valence-corrected chi connectivity index (χ4v) is 3.53. The molecule has 1 amide bonds. The average molecular weight is 334 g/mol. The number of carbonyl (C=O) groups is 1. The standard InChI is InChI=1S/C21H19FN2O/c22-19-10-4-3-9-18(19)21(25)24-11-5-8-17(14-24)20-12-15-6-1-2-7-16(15)13-23-20/h1-4,6-7,9-10,12-13,17H,5,8,11,14H2. The van der Waals surface area contributed by atoms with E-state index in [1.807, 2.05) is 24.4 Å². The van der Waals surface area contributed by atoms with Gasteiger partial charge in [-0.2, -0.15) is 0 Å². The molecule has 0 aliphatic carbocycles. The molecule has 0 bridgehead atoms. The number of amides is 1. The summed E-state index contributed by atoms with van der Waals surface area (Å²) in [5.74, 6) is -0.504. The zero-order chi connectivity index (χ0) is 17.2. The van der Waals surface area contributed by atoms with Gasteiger partial charge in [-0.3, -0.25) is 9.78 Å². The number of benzene rings is 2. The topological polar surface area (TPSA) is 33.2 Å². The van der Waals surface area contributed by atoms with Crippen molar-refractivity contribution < 1.29 is 9.18 Å². The fourth-order valence-electron chi connectivity index (χ4n) is 3.53. The molecule has 25 heavy (non-hydrogen) atoms. The van der Waals surface area contributed by atoms with Crippen LogP contribution in [0.15, 0.2) is 60.8 Å². The van der Waals surface area contributed by atoms with E-state index in [4.69, 9.17) is 0 Å². The highest BCUT2D eigenvalue weighted by atomic mass is 19.1. The normalized spacial score (nSPS) is 17.6. The fraction of sp³-hybridized carbons (Fsp3) is 0.238. The van der Waals surface area contributed by atoms with Crippen LogP contribution in [0, 0.1) is 5.82 Å². The Kier molecular flexibility index (Phi) is 4.18. The van der Waals surface area contributed by atoms with E-state index in [1.54, 1.807) is 23.1 Å². The number of hydrogen-bond acceptors (Lipinski definition) is 2. The first-order chi connectivity index (χ1) is 12.2. The summed E-state index contributed by atoms with van der Waals surface area (Å²) in [5, 5.41) is 2.27. The molecule has 1 atom stereocenters. The highest BCUT2D eigenvalue weighted by Gasteiger charge is 2.27. The molecular formula is C21H19FN2O. The number of nitrogens with zero attached hydrogens (tertiary/aromatic N) is 2. The quantitative estimate of drug-likeness (QED) is 0.696. The first-order valence-corrected chi connectivity index (χ1v) is 8.61. The minimum atomic E-state index is -0.460. The van der Waals surface area contributed by atoms with Crippen molar-refractivity contribution in [1.29, 1.82) is 0 Å². The minimum Gasteiger partial charge on any atom is -0.338 e. The number of pyridine rings is 1. The molecule has 4 heteroatoms. The van der Waals surface area contributed by atoms with E-state index in [-0.39, 0.29) is 17.4 Å². The third kappa shape index (κ3) is 3.12. The number of aromatic nitrogens is 1. The van der Waals surface area contributed by atoms with Gasteiger partial charge in [-0.25, -0.2) is 4.39 Å². The summed E-state index contributed by atoms with van der Waals surface area (Å²) < 4.78 is 13.9. The Morgan fingerprint density at radius 1 is 1.08 bits per heavy atom. The number of fused-ring (bicyclic) bond motifs is 1. The van der Waals surface area contributed by atoms with E-state index < -0.39 is 5.82 Å². The Bertz CT molecular complexity index is 924. The molecule has 2 aromatic carbocycles. The summed E-state index contributed by atoms with van der Waals surface area (Å²) in [6.45, 7) is 1.25. The molecule has 0 radical (unpaired) electrons. The number of hydrogen-bond donors (Lipinski definition) is 0. The SMILES string of the molecule is O=C(c1ccccc1F)N1CCCC(c2cc3ccccc3cn2)C1. The summed E-state index contributed by atoms with van der Waals surface area (Å²) >= 11 is 0. The summed E-state index contributed by atoms with van der Waals surface area (Å²) in [5.41, 5.74) is 1.15.